The van der Waals surface area contributed by atoms with Crippen LogP contribution in [-0.4, -0.2) is 46.5 Å². The Hall–Kier alpha value is -1.71. The fourth-order valence-corrected chi connectivity index (χ4v) is 5.19. The van der Waals surface area contributed by atoms with Gasteiger partial charge in [0.1, 0.15) is 12.1 Å². The lowest BCUT2D eigenvalue weighted by atomic mass is 10.1. The van der Waals surface area contributed by atoms with E-state index in [9.17, 15) is 28.7 Å². The Morgan fingerprint density at radius 3 is 2.42 bits per heavy atom. The van der Waals surface area contributed by atoms with Crippen LogP contribution in [0.2, 0.25) is 0 Å². The van der Waals surface area contributed by atoms with Crippen LogP contribution in [0.5, 0.6) is 0 Å². The van der Waals surface area contributed by atoms with E-state index >= 15 is 0 Å². The van der Waals surface area contributed by atoms with Crippen LogP contribution in [0, 0.1) is 0 Å². The molecule has 0 radical (unpaired) electrons. The predicted octanol–water partition coefficient (Wildman–Crippen LogP) is 1.85. The summed E-state index contributed by atoms with van der Waals surface area (Å²) < 4.78 is 22.8. The first kappa shape index (κ1) is 19.1. The van der Waals surface area contributed by atoms with E-state index < -0.39 is 27.1 Å². The summed E-state index contributed by atoms with van der Waals surface area (Å²) in [6, 6.07) is 3.65. The van der Waals surface area contributed by atoms with E-state index in [1.54, 1.807) is 12.3 Å². The molecule has 0 bridgehead atoms. The molecule has 0 spiro atoms. The molecule has 0 saturated heterocycles. The van der Waals surface area contributed by atoms with Crippen molar-refractivity contribution in [1.29, 1.82) is 0 Å². The van der Waals surface area contributed by atoms with Crippen LogP contribution in [0.1, 0.15) is 0 Å². The number of nitrogens with zero attached hydrogens (tertiary/aromatic N) is 3. The molecule has 26 heavy (non-hydrogen) atoms. The number of nitrogens with one attached hydrogen (secondary N) is 1. The topological polar surface area (TPSA) is 166 Å². The number of rotatable bonds is 6. The molecule has 10 nitrogen and oxygen atoms in total. The van der Waals surface area contributed by atoms with Gasteiger partial charge in [-0.3, -0.25) is 9.13 Å². The second-order valence-corrected chi connectivity index (χ2v) is 10.2. The average Bonchev–Trinajstić information content (AvgIpc) is 3.06. The quantitative estimate of drug-likeness (QED) is 0.374. The molecular formula is C13H14N4O6P2S. The third-order valence-corrected chi connectivity index (χ3v) is 7.98. The minimum absolute atomic E-state index is 0.173. The van der Waals surface area contributed by atoms with E-state index in [0.29, 0.717) is 11.0 Å². The van der Waals surface area contributed by atoms with Crippen LogP contribution < -0.4 is 5.32 Å². The maximum Gasteiger partial charge on any atom is 0.342 e. The van der Waals surface area contributed by atoms with Crippen molar-refractivity contribution in [2.75, 3.05) is 11.9 Å². The van der Waals surface area contributed by atoms with Crippen LogP contribution in [0.4, 0.5) is 5.82 Å². The number of hydrogen-bond acceptors (Lipinski definition) is 7. The van der Waals surface area contributed by atoms with E-state index in [0.717, 1.165) is 11.1 Å². The molecule has 0 aliphatic heterocycles. The molecule has 3 heterocycles. The van der Waals surface area contributed by atoms with Crippen molar-refractivity contribution in [2.24, 2.45) is 0 Å². The van der Waals surface area contributed by atoms with Crippen LogP contribution in [0.3, 0.4) is 0 Å². The van der Waals surface area contributed by atoms with Gasteiger partial charge in [0.05, 0.1) is 5.39 Å². The minimum atomic E-state index is -5.03. The van der Waals surface area contributed by atoms with Gasteiger partial charge < -0.3 is 24.9 Å². The van der Waals surface area contributed by atoms with E-state index in [1.165, 1.54) is 17.7 Å². The highest BCUT2D eigenvalue weighted by Gasteiger charge is 2.43. The van der Waals surface area contributed by atoms with Crippen molar-refractivity contribution < 1.29 is 28.7 Å². The standard InChI is InChI=1S/C13H14N4O6P2S/c18-24(19,20)11(25(21,22)23)5-15-13-10-3-9(8-1-2-26-6-8)4-14-12(10)16-7-17-13/h1-4,6-7,11H,5H2,(H2,18,19,20)(H2,21,22,23)(H,14,15,16,17). The van der Waals surface area contributed by atoms with Crippen LogP contribution in [-0.2, 0) is 9.13 Å². The van der Waals surface area contributed by atoms with E-state index in [-0.39, 0.29) is 5.82 Å². The second-order valence-electron chi connectivity index (χ2n) is 5.37. The van der Waals surface area contributed by atoms with Gasteiger partial charge in [0.15, 0.2) is 11.0 Å². The molecule has 0 amide bonds. The summed E-state index contributed by atoms with van der Waals surface area (Å²) in [4.78, 5) is 49.1. The molecule has 13 heteroatoms. The lowest BCUT2D eigenvalue weighted by Gasteiger charge is -2.20. The summed E-state index contributed by atoms with van der Waals surface area (Å²) in [6.07, 6.45) is 2.83. The lowest BCUT2D eigenvalue weighted by Crippen LogP contribution is -2.21. The fourth-order valence-electron chi connectivity index (χ4n) is 2.29. The van der Waals surface area contributed by atoms with E-state index in [1.807, 2.05) is 16.8 Å². The highest BCUT2D eigenvalue weighted by molar-refractivity contribution is 7.70. The summed E-state index contributed by atoms with van der Waals surface area (Å²) in [5.74, 6) is 0.173. The SMILES string of the molecule is O=P(O)(O)C(CNc1ncnc2ncc(-c3ccsc3)cc12)P(=O)(O)O. The molecule has 0 atom stereocenters. The molecule has 0 unspecified atom stereocenters. The molecule has 3 aromatic heterocycles. The van der Waals surface area contributed by atoms with Gasteiger partial charge in [-0.05, 0) is 28.5 Å². The largest absolute Gasteiger partial charge is 0.368 e. The summed E-state index contributed by atoms with van der Waals surface area (Å²) in [6.45, 7) is -0.663. The Kier molecular flexibility index (Phi) is 5.23. The average molecular weight is 416 g/mol. The third-order valence-electron chi connectivity index (χ3n) is 3.57. The van der Waals surface area contributed by atoms with Crippen molar-refractivity contribution in [1.82, 2.24) is 15.0 Å². The number of thiophene rings is 1. The van der Waals surface area contributed by atoms with E-state index in [2.05, 4.69) is 20.3 Å². The highest BCUT2D eigenvalue weighted by Crippen LogP contribution is 2.59. The third kappa shape index (κ3) is 4.16. The Balaban J connectivity index is 1.96. The first-order chi connectivity index (χ1) is 12.2. The maximum absolute atomic E-state index is 11.4. The Labute approximate surface area is 151 Å². The molecule has 0 fully saturated rings. The number of anilines is 1. The number of fused-ring (bicyclic) bond motifs is 1. The Morgan fingerprint density at radius 2 is 1.81 bits per heavy atom. The number of hydrogen-bond donors (Lipinski definition) is 5. The predicted molar refractivity (Wildman–Crippen MR) is 97.0 cm³/mol. The zero-order valence-electron chi connectivity index (χ0n) is 13.0. The van der Waals surface area contributed by atoms with Crippen molar-refractivity contribution in [2.45, 2.75) is 5.40 Å². The van der Waals surface area contributed by atoms with Crippen molar-refractivity contribution >= 4 is 43.4 Å². The van der Waals surface area contributed by atoms with Gasteiger partial charge in [-0.2, -0.15) is 11.3 Å². The molecule has 0 saturated carbocycles. The Bertz CT molecular complexity index is 997. The van der Waals surface area contributed by atoms with Gasteiger partial charge in [-0.25, -0.2) is 15.0 Å². The summed E-state index contributed by atoms with van der Waals surface area (Å²) in [5.41, 5.74) is 2.06. The van der Waals surface area contributed by atoms with Crippen LogP contribution >= 0.6 is 26.5 Å². The fraction of sp³-hybridized carbons (Fsp3) is 0.154. The minimum Gasteiger partial charge on any atom is -0.368 e. The summed E-state index contributed by atoms with van der Waals surface area (Å²) in [5, 5.41) is 4.73. The highest BCUT2D eigenvalue weighted by atomic mass is 32.1. The van der Waals surface area contributed by atoms with Crippen LogP contribution in [0.25, 0.3) is 22.2 Å². The molecule has 0 aromatic carbocycles. The first-order valence-corrected chi connectivity index (χ1v) is 11.4. The Morgan fingerprint density at radius 1 is 1.08 bits per heavy atom. The maximum atomic E-state index is 11.4. The number of aromatic nitrogens is 3. The summed E-state index contributed by atoms with van der Waals surface area (Å²) in [7, 11) is -10.1. The zero-order valence-corrected chi connectivity index (χ0v) is 15.6. The molecule has 138 valence electrons. The molecule has 0 aliphatic rings. The summed E-state index contributed by atoms with van der Waals surface area (Å²) >= 11 is 1.52. The van der Waals surface area contributed by atoms with Gasteiger partial charge >= 0.3 is 15.2 Å². The van der Waals surface area contributed by atoms with Crippen LogP contribution in [0.15, 0.2) is 35.4 Å². The zero-order chi connectivity index (χ0) is 18.9. The monoisotopic (exact) mass is 416 g/mol. The van der Waals surface area contributed by atoms with Gasteiger partial charge in [0, 0.05) is 18.3 Å². The van der Waals surface area contributed by atoms with Gasteiger partial charge in [0.25, 0.3) is 0 Å². The van der Waals surface area contributed by atoms with Crippen molar-refractivity contribution in [3.8, 4) is 11.1 Å². The van der Waals surface area contributed by atoms with Gasteiger partial charge in [0.2, 0.25) is 0 Å². The van der Waals surface area contributed by atoms with Gasteiger partial charge in [-0.1, -0.05) is 0 Å². The van der Waals surface area contributed by atoms with Crippen molar-refractivity contribution in [3.63, 3.8) is 0 Å². The number of pyridine rings is 1. The molecule has 3 aromatic rings. The molecule has 3 rings (SSSR count). The van der Waals surface area contributed by atoms with Gasteiger partial charge in [-0.15, -0.1) is 0 Å². The lowest BCUT2D eigenvalue weighted by molar-refractivity contribution is 0.340. The normalized spacial score (nSPS) is 12.7. The smallest absolute Gasteiger partial charge is 0.342 e. The molecular weight excluding hydrogens is 402 g/mol. The van der Waals surface area contributed by atoms with E-state index in [4.69, 9.17) is 0 Å². The second kappa shape index (κ2) is 7.13. The van der Waals surface area contributed by atoms with Crippen molar-refractivity contribution in [3.05, 3.63) is 35.4 Å². The molecule has 0 aliphatic carbocycles. The first-order valence-electron chi connectivity index (χ1n) is 7.14. The molecule has 5 N–H and O–H groups in total.